The van der Waals surface area contributed by atoms with Gasteiger partial charge in [0.2, 0.25) is 0 Å². The average Bonchev–Trinajstić information content (AvgIpc) is 2.58. The van der Waals surface area contributed by atoms with Crippen molar-refractivity contribution in [3.05, 3.63) is 24.4 Å². The molecule has 1 aliphatic heterocycles. The van der Waals surface area contributed by atoms with Gasteiger partial charge in [0.15, 0.2) is 0 Å². The van der Waals surface area contributed by atoms with Crippen molar-refractivity contribution >= 4 is 17.6 Å². The van der Waals surface area contributed by atoms with E-state index in [4.69, 9.17) is 0 Å². The zero-order valence-corrected chi connectivity index (χ0v) is 14.5. The Morgan fingerprint density at radius 1 is 1.29 bits per heavy atom. The number of hydrogen-bond donors (Lipinski definition) is 1. The summed E-state index contributed by atoms with van der Waals surface area (Å²) in [6, 6.07) is 6.83. The molecule has 4 heteroatoms. The van der Waals surface area contributed by atoms with Crippen LogP contribution < -0.4 is 10.2 Å². The number of piperidine rings is 1. The predicted molar refractivity (Wildman–Crippen MR) is 94.3 cm³/mol. The number of thioether (sulfide) groups is 1. The van der Waals surface area contributed by atoms with Gasteiger partial charge in [0.25, 0.3) is 0 Å². The van der Waals surface area contributed by atoms with Crippen molar-refractivity contribution < 1.29 is 0 Å². The van der Waals surface area contributed by atoms with Crippen molar-refractivity contribution in [2.75, 3.05) is 30.8 Å². The number of nitrogens with zero attached hydrogens (tertiary/aromatic N) is 2. The van der Waals surface area contributed by atoms with Crippen LogP contribution in [-0.2, 0) is 0 Å². The molecule has 1 saturated heterocycles. The molecular formula is C17H29N3S. The monoisotopic (exact) mass is 307 g/mol. The number of nitrogens with one attached hydrogen (secondary N) is 1. The van der Waals surface area contributed by atoms with Crippen LogP contribution in [0.1, 0.15) is 39.5 Å². The van der Waals surface area contributed by atoms with Crippen molar-refractivity contribution in [1.82, 2.24) is 10.3 Å². The smallest absolute Gasteiger partial charge is 0.128 e. The summed E-state index contributed by atoms with van der Waals surface area (Å²) in [5.74, 6) is 1.12. The topological polar surface area (TPSA) is 28.2 Å². The minimum Gasteiger partial charge on any atom is -0.357 e. The van der Waals surface area contributed by atoms with Gasteiger partial charge < -0.3 is 10.2 Å². The summed E-state index contributed by atoms with van der Waals surface area (Å²) in [5, 5.41) is 3.82. The summed E-state index contributed by atoms with van der Waals surface area (Å²) in [5.41, 5.74) is 0. The third-order valence-electron chi connectivity index (χ3n) is 4.90. The molecule has 0 spiro atoms. The molecule has 1 aromatic rings. The molecule has 21 heavy (non-hydrogen) atoms. The van der Waals surface area contributed by atoms with Crippen molar-refractivity contribution in [3.63, 3.8) is 0 Å². The standard InChI is InChI=1S/C17H29N3S/c1-4-17(5-2,21-3)14-19-15-9-12-20(13-10-15)16-8-6-7-11-18-16/h6-8,11,15,19H,4-5,9-10,12-14H2,1-3H3. The molecule has 0 aromatic carbocycles. The Morgan fingerprint density at radius 2 is 2.00 bits per heavy atom. The quantitative estimate of drug-likeness (QED) is 0.833. The Hall–Kier alpha value is -0.740. The number of rotatable bonds is 7. The molecule has 0 aliphatic carbocycles. The molecule has 0 atom stereocenters. The highest BCUT2D eigenvalue weighted by molar-refractivity contribution is 8.00. The molecule has 3 nitrogen and oxygen atoms in total. The summed E-state index contributed by atoms with van der Waals surface area (Å²) in [7, 11) is 0. The third kappa shape index (κ3) is 4.36. The van der Waals surface area contributed by atoms with Crippen LogP contribution in [0.3, 0.4) is 0 Å². The molecule has 1 aliphatic rings. The highest BCUT2D eigenvalue weighted by Gasteiger charge is 2.27. The average molecular weight is 308 g/mol. The fourth-order valence-corrected chi connectivity index (χ4v) is 3.85. The van der Waals surface area contributed by atoms with Gasteiger partial charge in [0, 0.05) is 36.6 Å². The zero-order valence-electron chi connectivity index (χ0n) is 13.6. The van der Waals surface area contributed by atoms with Crippen molar-refractivity contribution in [2.24, 2.45) is 0 Å². The van der Waals surface area contributed by atoms with E-state index in [1.54, 1.807) is 0 Å². The van der Waals surface area contributed by atoms with Gasteiger partial charge in [0.05, 0.1) is 0 Å². The maximum absolute atomic E-state index is 4.45. The first-order valence-electron chi connectivity index (χ1n) is 8.17. The van der Waals surface area contributed by atoms with E-state index in [9.17, 15) is 0 Å². The van der Waals surface area contributed by atoms with Gasteiger partial charge in [0.1, 0.15) is 5.82 Å². The molecule has 1 aromatic heterocycles. The van der Waals surface area contributed by atoms with Crippen LogP contribution in [0.5, 0.6) is 0 Å². The molecule has 118 valence electrons. The molecular weight excluding hydrogens is 278 g/mol. The highest BCUT2D eigenvalue weighted by Crippen LogP contribution is 2.30. The zero-order chi connectivity index (χ0) is 15.1. The van der Waals surface area contributed by atoms with Crippen molar-refractivity contribution in [3.8, 4) is 0 Å². The van der Waals surface area contributed by atoms with Crippen LogP contribution in [0, 0.1) is 0 Å². The second-order valence-electron chi connectivity index (χ2n) is 5.92. The van der Waals surface area contributed by atoms with Gasteiger partial charge >= 0.3 is 0 Å². The highest BCUT2D eigenvalue weighted by atomic mass is 32.2. The Balaban J connectivity index is 1.79. The molecule has 1 N–H and O–H groups in total. The summed E-state index contributed by atoms with van der Waals surface area (Å²) < 4.78 is 0.415. The molecule has 0 unspecified atom stereocenters. The van der Waals surface area contributed by atoms with E-state index >= 15 is 0 Å². The normalized spacial score (nSPS) is 17.2. The lowest BCUT2D eigenvalue weighted by Gasteiger charge is -2.36. The van der Waals surface area contributed by atoms with E-state index in [1.807, 2.05) is 24.0 Å². The summed E-state index contributed by atoms with van der Waals surface area (Å²) in [6.45, 7) is 7.98. The Bertz CT molecular complexity index is 389. The van der Waals surface area contributed by atoms with E-state index in [-0.39, 0.29) is 0 Å². The predicted octanol–water partition coefficient (Wildman–Crippen LogP) is 3.56. The number of hydrogen-bond acceptors (Lipinski definition) is 4. The molecule has 2 rings (SSSR count). The minimum atomic E-state index is 0.415. The number of pyridine rings is 1. The molecule has 0 amide bonds. The second-order valence-corrected chi connectivity index (χ2v) is 7.20. The largest absolute Gasteiger partial charge is 0.357 e. The number of anilines is 1. The lowest BCUT2D eigenvalue weighted by atomic mass is 9.99. The second kappa shape index (κ2) is 8.04. The van der Waals surface area contributed by atoms with E-state index in [0.29, 0.717) is 10.8 Å². The van der Waals surface area contributed by atoms with Crippen molar-refractivity contribution in [2.45, 2.75) is 50.3 Å². The maximum Gasteiger partial charge on any atom is 0.128 e. The summed E-state index contributed by atoms with van der Waals surface area (Å²) in [6.07, 6.45) is 9.05. The van der Waals surface area contributed by atoms with Crippen LogP contribution in [-0.4, -0.2) is 41.7 Å². The molecule has 1 fully saturated rings. The fraction of sp³-hybridized carbons (Fsp3) is 0.706. The Morgan fingerprint density at radius 3 is 2.52 bits per heavy atom. The first-order valence-corrected chi connectivity index (χ1v) is 9.40. The van der Waals surface area contributed by atoms with Crippen LogP contribution >= 0.6 is 11.8 Å². The summed E-state index contributed by atoms with van der Waals surface area (Å²) >= 11 is 2.02. The Labute approximate surface area is 133 Å². The van der Waals surface area contributed by atoms with E-state index < -0.39 is 0 Å². The van der Waals surface area contributed by atoms with Gasteiger partial charge in [-0.3, -0.25) is 0 Å². The van der Waals surface area contributed by atoms with Gasteiger partial charge in [-0.15, -0.1) is 0 Å². The summed E-state index contributed by atoms with van der Waals surface area (Å²) in [4.78, 5) is 6.86. The third-order valence-corrected chi connectivity index (χ3v) is 6.49. The fourth-order valence-electron chi connectivity index (χ4n) is 3.04. The van der Waals surface area contributed by atoms with E-state index in [0.717, 1.165) is 25.5 Å². The number of aromatic nitrogens is 1. The minimum absolute atomic E-state index is 0.415. The van der Waals surface area contributed by atoms with Crippen LogP contribution in [0.15, 0.2) is 24.4 Å². The Kier molecular flexibility index (Phi) is 6.37. The first-order chi connectivity index (χ1) is 10.2. The van der Waals surface area contributed by atoms with Gasteiger partial charge in [-0.25, -0.2) is 4.98 Å². The molecule has 0 saturated carbocycles. The van der Waals surface area contributed by atoms with E-state index in [1.165, 1.54) is 25.7 Å². The van der Waals surface area contributed by atoms with Crippen molar-refractivity contribution in [1.29, 1.82) is 0 Å². The molecule has 0 bridgehead atoms. The maximum atomic E-state index is 4.45. The van der Waals surface area contributed by atoms with Crippen LogP contribution in [0.2, 0.25) is 0 Å². The van der Waals surface area contributed by atoms with Gasteiger partial charge in [-0.1, -0.05) is 19.9 Å². The lowest BCUT2D eigenvalue weighted by molar-refractivity contribution is 0.381. The van der Waals surface area contributed by atoms with Gasteiger partial charge in [-0.05, 0) is 44.1 Å². The first kappa shape index (κ1) is 16.6. The molecule has 2 heterocycles. The van der Waals surface area contributed by atoms with Crippen LogP contribution in [0.4, 0.5) is 5.82 Å². The SMILES string of the molecule is CCC(CC)(CNC1CCN(c2ccccn2)CC1)SC. The molecule has 0 radical (unpaired) electrons. The van der Waals surface area contributed by atoms with Crippen LogP contribution in [0.25, 0.3) is 0 Å². The van der Waals surface area contributed by atoms with E-state index in [2.05, 4.69) is 47.4 Å². The van der Waals surface area contributed by atoms with Gasteiger partial charge in [-0.2, -0.15) is 11.8 Å². The lowest BCUT2D eigenvalue weighted by Crippen LogP contribution is -2.47.